The quantitative estimate of drug-likeness (QED) is 0.767. The minimum Gasteiger partial charge on any atom is -0.444 e. The number of rotatable bonds is 5. The van der Waals surface area contributed by atoms with Crippen molar-refractivity contribution < 1.29 is 19.1 Å². The molecule has 6 heteroatoms. The summed E-state index contributed by atoms with van der Waals surface area (Å²) in [5.41, 5.74) is -0.456. The van der Waals surface area contributed by atoms with Gasteiger partial charge in [-0.15, -0.1) is 0 Å². The van der Waals surface area contributed by atoms with E-state index in [-0.39, 0.29) is 18.7 Å². The smallest absolute Gasteiger partial charge is 0.410 e. The number of amides is 2. The minimum absolute atomic E-state index is 0.0161. The molecule has 0 saturated carbocycles. The van der Waals surface area contributed by atoms with Gasteiger partial charge in [-0.1, -0.05) is 0 Å². The number of carbonyl (C=O) groups excluding carboxylic acids is 2. The number of hydrogen-bond donors (Lipinski definition) is 1. The minimum atomic E-state index is -0.456. The molecule has 0 aromatic carbocycles. The Bertz CT molecular complexity index is 319. The first-order valence-corrected chi connectivity index (χ1v) is 6.55. The molecule has 1 heterocycles. The molecule has 6 nitrogen and oxygen atoms in total. The zero-order valence-electron chi connectivity index (χ0n) is 12.2. The Kier molecular flexibility index (Phi) is 5.60. The lowest BCUT2D eigenvalue weighted by Gasteiger charge is -2.39. The highest BCUT2D eigenvalue weighted by Gasteiger charge is 2.33. The van der Waals surface area contributed by atoms with Crippen LogP contribution in [0.1, 0.15) is 33.6 Å². The summed E-state index contributed by atoms with van der Waals surface area (Å²) in [6.07, 6.45) is 0.984. The largest absolute Gasteiger partial charge is 0.444 e. The first-order chi connectivity index (χ1) is 8.81. The number of carbonyl (C=O) groups is 2. The maximum Gasteiger partial charge on any atom is 0.410 e. The van der Waals surface area contributed by atoms with Crippen molar-refractivity contribution in [2.75, 3.05) is 26.9 Å². The summed E-state index contributed by atoms with van der Waals surface area (Å²) in [5.74, 6) is 0.374. The van der Waals surface area contributed by atoms with E-state index in [1.165, 1.54) is 7.11 Å². The fourth-order valence-corrected chi connectivity index (χ4v) is 1.80. The van der Waals surface area contributed by atoms with Gasteiger partial charge < -0.3 is 19.7 Å². The molecule has 1 fully saturated rings. The van der Waals surface area contributed by atoms with E-state index in [2.05, 4.69) is 5.32 Å². The van der Waals surface area contributed by atoms with Gasteiger partial charge in [0.05, 0.1) is 0 Å². The van der Waals surface area contributed by atoms with Crippen LogP contribution in [0.3, 0.4) is 0 Å². The summed E-state index contributed by atoms with van der Waals surface area (Å²) < 4.78 is 10.0. The molecule has 1 saturated heterocycles. The van der Waals surface area contributed by atoms with E-state index < -0.39 is 5.60 Å². The molecule has 110 valence electrons. The van der Waals surface area contributed by atoms with Crippen LogP contribution in [0.2, 0.25) is 0 Å². The molecule has 1 N–H and O–H groups in total. The summed E-state index contributed by atoms with van der Waals surface area (Å²) >= 11 is 0. The zero-order chi connectivity index (χ0) is 14.5. The average molecular weight is 272 g/mol. The second-order valence-corrected chi connectivity index (χ2v) is 5.82. The highest BCUT2D eigenvalue weighted by Crippen LogP contribution is 2.22. The summed E-state index contributed by atoms with van der Waals surface area (Å²) in [4.78, 5) is 24.7. The number of likely N-dealkylation sites (tertiary alicyclic amines) is 1. The van der Waals surface area contributed by atoms with E-state index in [1.807, 2.05) is 20.8 Å². The molecule has 19 heavy (non-hydrogen) atoms. The number of nitrogens with one attached hydrogen (secondary N) is 1. The van der Waals surface area contributed by atoms with Crippen LogP contribution in [0, 0.1) is 5.92 Å². The molecular formula is C13H24N2O4. The van der Waals surface area contributed by atoms with Crippen LogP contribution in [0.4, 0.5) is 4.79 Å². The molecular weight excluding hydrogens is 248 g/mol. The molecule has 0 unspecified atom stereocenters. The van der Waals surface area contributed by atoms with Gasteiger partial charge in [-0.2, -0.15) is 0 Å². The molecule has 0 aromatic heterocycles. The first-order valence-electron chi connectivity index (χ1n) is 6.55. The van der Waals surface area contributed by atoms with Gasteiger partial charge in [0.2, 0.25) is 5.91 Å². The lowest BCUT2D eigenvalue weighted by atomic mass is 9.95. The monoisotopic (exact) mass is 272 g/mol. The second-order valence-electron chi connectivity index (χ2n) is 5.82. The van der Waals surface area contributed by atoms with Gasteiger partial charge in [0, 0.05) is 26.6 Å². The Hall–Kier alpha value is -1.30. The highest BCUT2D eigenvalue weighted by molar-refractivity contribution is 5.75. The lowest BCUT2D eigenvalue weighted by molar-refractivity contribution is -0.123. The van der Waals surface area contributed by atoms with Crippen LogP contribution in [0.15, 0.2) is 0 Å². The standard InChI is InChI=1S/C13H24N2O4/c1-13(2,3)19-12(17)15-7-10(8-15)5-6-11(16)14-9-18-4/h10H,5-9H2,1-4H3,(H,14,16). The van der Waals surface area contributed by atoms with Crippen LogP contribution in [-0.4, -0.2) is 49.4 Å². The third-order valence-electron chi connectivity index (χ3n) is 2.80. The number of ether oxygens (including phenoxy) is 2. The second kappa shape index (κ2) is 6.75. The molecule has 0 bridgehead atoms. The van der Waals surface area contributed by atoms with E-state index in [4.69, 9.17) is 9.47 Å². The summed E-state index contributed by atoms with van der Waals surface area (Å²) in [7, 11) is 1.53. The Morgan fingerprint density at radius 1 is 1.32 bits per heavy atom. The topological polar surface area (TPSA) is 67.9 Å². The molecule has 2 amide bonds. The summed E-state index contributed by atoms with van der Waals surface area (Å²) in [5, 5.41) is 2.63. The summed E-state index contributed by atoms with van der Waals surface area (Å²) in [6, 6.07) is 0. The van der Waals surface area contributed by atoms with Gasteiger partial charge in [0.1, 0.15) is 12.3 Å². The predicted molar refractivity (Wildman–Crippen MR) is 70.5 cm³/mol. The van der Waals surface area contributed by atoms with Crippen LogP contribution in [0.25, 0.3) is 0 Å². The fraction of sp³-hybridized carbons (Fsp3) is 0.846. The van der Waals surface area contributed by atoms with E-state index in [0.29, 0.717) is 25.4 Å². The molecule has 0 radical (unpaired) electrons. The maximum absolute atomic E-state index is 11.7. The van der Waals surface area contributed by atoms with Crippen LogP contribution < -0.4 is 5.32 Å². The van der Waals surface area contributed by atoms with Gasteiger partial charge in [0.15, 0.2) is 0 Å². The third-order valence-corrected chi connectivity index (χ3v) is 2.80. The Morgan fingerprint density at radius 2 is 1.95 bits per heavy atom. The van der Waals surface area contributed by atoms with E-state index in [1.54, 1.807) is 4.90 Å². The normalized spacial score (nSPS) is 15.9. The van der Waals surface area contributed by atoms with Gasteiger partial charge in [-0.3, -0.25) is 4.79 Å². The maximum atomic E-state index is 11.7. The number of methoxy groups -OCH3 is 1. The number of nitrogens with zero attached hydrogens (tertiary/aromatic N) is 1. The molecule has 1 rings (SSSR count). The zero-order valence-corrected chi connectivity index (χ0v) is 12.2. The van der Waals surface area contributed by atoms with E-state index >= 15 is 0 Å². The average Bonchev–Trinajstić information content (AvgIpc) is 2.21. The fourth-order valence-electron chi connectivity index (χ4n) is 1.80. The summed E-state index contributed by atoms with van der Waals surface area (Å²) in [6.45, 7) is 7.14. The number of hydrogen-bond acceptors (Lipinski definition) is 4. The SMILES string of the molecule is COCNC(=O)CCC1CN(C(=O)OC(C)(C)C)C1. The molecule has 0 aromatic rings. The third kappa shape index (κ3) is 5.92. The lowest BCUT2D eigenvalue weighted by Crippen LogP contribution is -2.51. The Balaban J connectivity index is 2.13. The van der Waals surface area contributed by atoms with Gasteiger partial charge in [-0.25, -0.2) is 4.79 Å². The van der Waals surface area contributed by atoms with E-state index in [0.717, 1.165) is 6.42 Å². The predicted octanol–water partition coefficient (Wildman–Crippen LogP) is 1.35. The van der Waals surface area contributed by atoms with Crippen molar-refractivity contribution in [3.05, 3.63) is 0 Å². The molecule has 0 aliphatic carbocycles. The Morgan fingerprint density at radius 3 is 2.47 bits per heavy atom. The van der Waals surface area contributed by atoms with Crippen molar-refractivity contribution in [1.29, 1.82) is 0 Å². The van der Waals surface area contributed by atoms with Gasteiger partial charge in [0.25, 0.3) is 0 Å². The van der Waals surface area contributed by atoms with Crippen LogP contribution in [0.5, 0.6) is 0 Å². The highest BCUT2D eigenvalue weighted by atomic mass is 16.6. The van der Waals surface area contributed by atoms with Crippen molar-refractivity contribution in [2.24, 2.45) is 5.92 Å². The Labute approximate surface area is 114 Å². The first kappa shape index (κ1) is 15.8. The van der Waals surface area contributed by atoms with Crippen LogP contribution in [-0.2, 0) is 14.3 Å². The van der Waals surface area contributed by atoms with E-state index in [9.17, 15) is 9.59 Å². The van der Waals surface area contributed by atoms with Crippen molar-refractivity contribution in [3.63, 3.8) is 0 Å². The molecule has 0 atom stereocenters. The van der Waals surface area contributed by atoms with Gasteiger partial charge >= 0.3 is 6.09 Å². The van der Waals surface area contributed by atoms with Crippen LogP contribution >= 0.6 is 0 Å². The van der Waals surface area contributed by atoms with Crippen molar-refractivity contribution in [3.8, 4) is 0 Å². The molecule has 0 spiro atoms. The van der Waals surface area contributed by atoms with Crippen molar-refractivity contribution >= 4 is 12.0 Å². The van der Waals surface area contributed by atoms with Gasteiger partial charge in [-0.05, 0) is 33.1 Å². The molecule has 1 aliphatic rings. The van der Waals surface area contributed by atoms with Crippen molar-refractivity contribution in [2.45, 2.75) is 39.2 Å². The van der Waals surface area contributed by atoms with Crippen molar-refractivity contribution in [1.82, 2.24) is 10.2 Å². The molecule has 1 aliphatic heterocycles.